The van der Waals surface area contributed by atoms with Gasteiger partial charge >= 0.3 is 0 Å². The van der Waals surface area contributed by atoms with Crippen LogP contribution in [0.2, 0.25) is 0 Å². The molecule has 2 aliphatic carbocycles. The molecule has 0 aromatic carbocycles. The first-order valence-electron chi connectivity index (χ1n) is 11.1. The van der Waals surface area contributed by atoms with E-state index in [1.165, 1.54) is 38.5 Å². The van der Waals surface area contributed by atoms with Gasteiger partial charge in [-0.05, 0) is 51.4 Å². The fourth-order valence-corrected chi connectivity index (χ4v) is 2.60. The number of rotatable bonds is 10. The summed E-state index contributed by atoms with van der Waals surface area (Å²) in [5, 5.41) is 0. The summed E-state index contributed by atoms with van der Waals surface area (Å²) in [6.45, 7) is 11.1. The lowest BCUT2D eigenvalue weighted by Crippen LogP contribution is -2.17. The summed E-state index contributed by atoms with van der Waals surface area (Å²) in [7, 11) is 3.46. The fourth-order valence-electron chi connectivity index (χ4n) is 2.60. The van der Waals surface area contributed by atoms with Crippen LogP contribution in [0.5, 0.6) is 0 Å². The maximum absolute atomic E-state index is 5.24. The smallest absolute Gasteiger partial charge is 0.104 e. The Labute approximate surface area is 179 Å². The van der Waals surface area contributed by atoms with Gasteiger partial charge in [-0.3, -0.25) is 0 Å². The molecule has 0 N–H and O–H groups in total. The Hall–Kier alpha value is -0.240. The zero-order valence-electron chi connectivity index (χ0n) is 18.7. The van der Waals surface area contributed by atoms with E-state index in [1.54, 1.807) is 14.2 Å². The highest BCUT2D eigenvalue weighted by atomic mass is 16.6. The molecule has 2 unspecified atom stereocenters. The summed E-state index contributed by atoms with van der Waals surface area (Å²) in [4.78, 5) is 0. The second-order valence-electron chi connectivity index (χ2n) is 7.73. The van der Waals surface area contributed by atoms with Crippen LogP contribution in [0, 0.1) is 11.8 Å². The quantitative estimate of drug-likeness (QED) is 0.490. The monoisotopic (exact) mass is 420 g/mol. The van der Waals surface area contributed by atoms with Gasteiger partial charge in [0.15, 0.2) is 0 Å². The first-order valence-corrected chi connectivity index (χ1v) is 11.1. The van der Waals surface area contributed by atoms with Crippen molar-refractivity contribution in [1.82, 2.24) is 0 Å². The summed E-state index contributed by atoms with van der Waals surface area (Å²) < 4.78 is 29.7. The second-order valence-corrected chi connectivity index (χ2v) is 7.73. The Balaban J connectivity index is 0.000000358. The highest BCUT2D eigenvalue weighted by molar-refractivity contribution is 4.68. The highest BCUT2D eigenvalue weighted by Gasteiger charge is 2.22. The summed E-state index contributed by atoms with van der Waals surface area (Å²) in [5.74, 6) is 1.82. The van der Waals surface area contributed by atoms with Crippen LogP contribution in [0.3, 0.4) is 0 Å². The van der Waals surface area contributed by atoms with E-state index in [4.69, 9.17) is 28.4 Å². The standard InChI is InChI=1S/C7H14O.C6H12O.C5H10O2.C4H8O2.CH4/c1-2-8-6-7-4-3-5-7;1-7-5-6-3-2-4-6;1-2-6-3-5-4-7-5;1-5-2-4-3-6-4;/h7H,2-6H2,1H3;6H,2-5H2,1H3;5H,2-4H2,1H3;4H,2-3H2,1H3;1H4. The molecule has 0 aromatic rings. The molecule has 4 fully saturated rings. The van der Waals surface area contributed by atoms with Crippen LogP contribution in [0.1, 0.15) is 59.8 Å². The minimum atomic E-state index is 0. The van der Waals surface area contributed by atoms with Gasteiger partial charge in [-0.25, -0.2) is 0 Å². The third-order valence-electron chi connectivity index (χ3n) is 5.07. The summed E-state index contributed by atoms with van der Waals surface area (Å²) >= 11 is 0. The lowest BCUT2D eigenvalue weighted by atomic mass is 9.86. The molecule has 2 aliphatic heterocycles. The van der Waals surface area contributed by atoms with Crippen molar-refractivity contribution < 1.29 is 28.4 Å². The van der Waals surface area contributed by atoms with Gasteiger partial charge in [-0.1, -0.05) is 20.3 Å². The number of ether oxygens (including phenoxy) is 6. The molecular formula is C23H48O6. The summed E-state index contributed by atoms with van der Waals surface area (Å²) in [6.07, 6.45) is 9.31. The van der Waals surface area contributed by atoms with E-state index in [-0.39, 0.29) is 7.43 Å². The van der Waals surface area contributed by atoms with Crippen molar-refractivity contribution in [2.24, 2.45) is 11.8 Å². The van der Waals surface area contributed by atoms with Gasteiger partial charge in [0.25, 0.3) is 0 Å². The molecule has 6 nitrogen and oxygen atoms in total. The van der Waals surface area contributed by atoms with Crippen molar-refractivity contribution in [3.63, 3.8) is 0 Å². The van der Waals surface area contributed by atoms with E-state index in [0.717, 1.165) is 64.7 Å². The number of epoxide rings is 2. The van der Waals surface area contributed by atoms with Gasteiger partial charge in [0.1, 0.15) is 12.2 Å². The Kier molecular flexibility index (Phi) is 19.5. The van der Waals surface area contributed by atoms with E-state index in [9.17, 15) is 0 Å². The molecule has 0 radical (unpaired) electrons. The molecular weight excluding hydrogens is 372 g/mol. The van der Waals surface area contributed by atoms with Crippen molar-refractivity contribution in [2.45, 2.75) is 72.0 Å². The largest absolute Gasteiger partial charge is 0.384 e. The van der Waals surface area contributed by atoms with Gasteiger partial charge in [0, 0.05) is 40.6 Å². The maximum atomic E-state index is 5.24. The first kappa shape index (κ1) is 28.8. The molecule has 0 amide bonds. The lowest BCUT2D eigenvalue weighted by Gasteiger charge is -2.24. The average Bonchev–Trinajstić information content (AvgIpc) is 3.52. The topological polar surface area (TPSA) is 62.0 Å². The van der Waals surface area contributed by atoms with Crippen LogP contribution in [-0.2, 0) is 28.4 Å². The number of hydrogen-bond donors (Lipinski definition) is 0. The normalized spacial score (nSPS) is 24.0. The molecule has 2 atom stereocenters. The zero-order chi connectivity index (χ0) is 20.5. The first-order chi connectivity index (χ1) is 13.7. The van der Waals surface area contributed by atoms with Crippen molar-refractivity contribution in [3.05, 3.63) is 0 Å². The molecule has 29 heavy (non-hydrogen) atoms. The molecule has 176 valence electrons. The molecule has 4 rings (SSSR count). The minimum Gasteiger partial charge on any atom is -0.384 e. The number of hydrogen-bond acceptors (Lipinski definition) is 6. The van der Waals surface area contributed by atoms with Crippen molar-refractivity contribution in [1.29, 1.82) is 0 Å². The van der Waals surface area contributed by atoms with E-state index >= 15 is 0 Å². The molecule has 2 saturated heterocycles. The number of methoxy groups -OCH3 is 2. The fraction of sp³-hybridized carbons (Fsp3) is 1.00. The van der Waals surface area contributed by atoms with Crippen LogP contribution in [0.25, 0.3) is 0 Å². The minimum absolute atomic E-state index is 0. The van der Waals surface area contributed by atoms with Gasteiger partial charge in [-0.2, -0.15) is 0 Å². The van der Waals surface area contributed by atoms with E-state index in [0.29, 0.717) is 12.2 Å². The second kappa shape index (κ2) is 19.7. The van der Waals surface area contributed by atoms with Crippen LogP contribution in [-0.4, -0.2) is 79.3 Å². The third kappa shape index (κ3) is 18.3. The predicted octanol–water partition coefficient (Wildman–Crippen LogP) is 4.35. The van der Waals surface area contributed by atoms with Gasteiger partial charge in [-0.15, -0.1) is 0 Å². The molecule has 0 aromatic heterocycles. The SMILES string of the molecule is C.CCOCC1CCC1.CCOCC1CO1.COCC1CCC1.COCC1CO1. The average molecular weight is 421 g/mol. The Bertz CT molecular complexity index is 325. The molecule has 4 aliphatic rings. The molecule has 0 spiro atoms. The van der Waals surface area contributed by atoms with Crippen molar-refractivity contribution >= 4 is 0 Å². The third-order valence-corrected chi connectivity index (χ3v) is 5.07. The Morgan fingerprint density at radius 3 is 1.34 bits per heavy atom. The predicted molar refractivity (Wildman–Crippen MR) is 118 cm³/mol. The molecule has 0 bridgehead atoms. The molecule has 2 saturated carbocycles. The Morgan fingerprint density at radius 2 is 1.07 bits per heavy atom. The van der Waals surface area contributed by atoms with Crippen LogP contribution in [0.15, 0.2) is 0 Å². The van der Waals surface area contributed by atoms with Gasteiger partial charge in [0.2, 0.25) is 0 Å². The van der Waals surface area contributed by atoms with Crippen LogP contribution >= 0.6 is 0 Å². The molecule has 6 heteroatoms. The van der Waals surface area contributed by atoms with Crippen molar-refractivity contribution in [3.8, 4) is 0 Å². The Morgan fingerprint density at radius 1 is 0.655 bits per heavy atom. The molecule has 2 heterocycles. The maximum Gasteiger partial charge on any atom is 0.104 e. The van der Waals surface area contributed by atoms with Gasteiger partial charge < -0.3 is 28.4 Å². The summed E-state index contributed by atoms with van der Waals surface area (Å²) in [5.41, 5.74) is 0. The van der Waals surface area contributed by atoms with Crippen LogP contribution in [0.4, 0.5) is 0 Å². The van der Waals surface area contributed by atoms with E-state index < -0.39 is 0 Å². The van der Waals surface area contributed by atoms with Crippen LogP contribution < -0.4 is 0 Å². The van der Waals surface area contributed by atoms with E-state index in [1.807, 2.05) is 6.92 Å². The van der Waals surface area contributed by atoms with Gasteiger partial charge in [0.05, 0.1) is 26.4 Å². The zero-order valence-corrected chi connectivity index (χ0v) is 18.7. The summed E-state index contributed by atoms with van der Waals surface area (Å²) in [6, 6.07) is 0. The lowest BCUT2D eigenvalue weighted by molar-refractivity contribution is 0.0789. The van der Waals surface area contributed by atoms with E-state index in [2.05, 4.69) is 6.92 Å². The van der Waals surface area contributed by atoms with Crippen molar-refractivity contribution in [2.75, 3.05) is 67.1 Å². The highest BCUT2D eigenvalue weighted by Crippen LogP contribution is 2.26.